The molecule has 262 valence electrons. The van der Waals surface area contributed by atoms with Gasteiger partial charge in [0, 0.05) is 38.0 Å². The number of anilines is 3. The summed E-state index contributed by atoms with van der Waals surface area (Å²) in [5.41, 5.74) is 12.7. The summed E-state index contributed by atoms with van der Waals surface area (Å²) >= 11 is 1.87. The second-order valence-electron chi connectivity index (χ2n) is 14.8. The molecule has 1 spiro atoms. The molecule has 0 N–H and O–H groups in total. The molecule has 56 heavy (non-hydrogen) atoms. The maximum atomic E-state index is 6.66. The molecule has 10 aromatic rings. The second kappa shape index (κ2) is 12.0. The van der Waals surface area contributed by atoms with E-state index >= 15 is 0 Å². The summed E-state index contributed by atoms with van der Waals surface area (Å²) in [6.07, 6.45) is 0. The van der Waals surface area contributed by atoms with Gasteiger partial charge in [-0.1, -0.05) is 152 Å². The molecule has 2 aliphatic rings. The lowest BCUT2D eigenvalue weighted by atomic mass is 9.66. The van der Waals surface area contributed by atoms with Crippen LogP contribution in [0, 0.1) is 0 Å². The van der Waals surface area contributed by atoms with E-state index in [1.807, 2.05) is 11.3 Å². The highest BCUT2D eigenvalue weighted by Crippen LogP contribution is 2.63. The van der Waals surface area contributed by atoms with Crippen molar-refractivity contribution in [1.82, 2.24) is 0 Å². The van der Waals surface area contributed by atoms with Gasteiger partial charge in [-0.3, -0.25) is 0 Å². The summed E-state index contributed by atoms with van der Waals surface area (Å²) < 4.78 is 9.23. The van der Waals surface area contributed by atoms with E-state index in [1.54, 1.807) is 0 Å². The monoisotopic (exact) mass is 731 g/mol. The summed E-state index contributed by atoms with van der Waals surface area (Å²) in [4.78, 5) is 2.47. The molecule has 3 heteroatoms. The van der Waals surface area contributed by atoms with E-state index in [-0.39, 0.29) is 0 Å². The molecule has 0 amide bonds. The van der Waals surface area contributed by atoms with Crippen molar-refractivity contribution in [3.8, 4) is 33.8 Å². The maximum Gasteiger partial charge on any atom is 0.132 e. The minimum absolute atomic E-state index is 0.549. The summed E-state index contributed by atoms with van der Waals surface area (Å²) in [5.74, 6) is 1.80. The van der Waals surface area contributed by atoms with Gasteiger partial charge in [-0.25, -0.2) is 0 Å². The van der Waals surface area contributed by atoms with Crippen LogP contribution in [0.4, 0.5) is 17.1 Å². The van der Waals surface area contributed by atoms with Gasteiger partial charge in [-0.15, -0.1) is 11.3 Å². The molecule has 1 aromatic heterocycles. The Morgan fingerprint density at radius 3 is 1.86 bits per heavy atom. The summed E-state index contributed by atoms with van der Waals surface area (Å²) in [7, 11) is 0. The molecule has 2 nitrogen and oxygen atoms in total. The number of hydrogen-bond acceptors (Lipinski definition) is 3. The first-order valence-electron chi connectivity index (χ1n) is 19.2. The van der Waals surface area contributed by atoms with Crippen molar-refractivity contribution >= 4 is 59.3 Å². The SMILES string of the molecule is c1ccc(-c2ccc(N(c3ccc4c(c3)-c3c(ccc5ccccc35)C43c4ccccc4Oc4ccccc43)c3cccc4c3sc3ccccc34)cc2)cc1. The van der Waals surface area contributed by atoms with Gasteiger partial charge in [0.25, 0.3) is 0 Å². The third kappa shape index (κ3) is 4.38. The molecular weight excluding hydrogens is 699 g/mol. The molecule has 0 bridgehead atoms. The van der Waals surface area contributed by atoms with Gasteiger partial charge in [0.15, 0.2) is 0 Å². The number of fused-ring (bicyclic) bond motifs is 14. The van der Waals surface area contributed by atoms with E-state index in [9.17, 15) is 0 Å². The minimum Gasteiger partial charge on any atom is -0.457 e. The van der Waals surface area contributed by atoms with E-state index in [4.69, 9.17) is 4.74 Å². The first-order valence-corrected chi connectivity index (χ1v) is 20.0. The number of thiophene rings is 1. The van der Waals surface area contributed by atoms with Crippen molar-refractivity contribution < 1.29 is 4.74 Å². The Hall–Kier alpha value is -6.94. The highest BCUT2D eigenvalue weighted by atomic mass is 32.1. The number of ether oxygens (including phenoxy) is 1. The van der Waals surface area contributed by atoms with Crippen molar-refractivity contribution in [1.29, 1.82) is 0 Å². The van der Waals surface area contributed by atoms with Gasteiger partial charge in [0.2, 0.25) is 0 Å². The number of hydrogen-bond donors (Lipinski definition) is 0. The second-order valence-corrected chi connectivity index (χ2v) is 15.8. The predicted octanol–water partition coefficient (Wildman–Crippen LogP) is 14.8. The molecule has 0 unspecified atom stereocenters. The van der Waals surface area contributed by atoms with Crippen LogP contribution in [0.2, 0.25) is 0 Å². The average molecular weight is 732 g/mol. The molecule has 1 aliphatic heterocycles. The van der Waals surface area contributed by atoms with Crippen molar-refractivity contribution in [3.63, 3.8) is 0 Å². The Balaban J connectivity index is 1.15. The zero-order valence-corrected chi connectivity index (χ0v) is 31.1. The Labute approximate surface area is 329 Å². The fraction of sp³-hybridized carbons (Fsp3) is 0.0189. The molecular formula is C53H33NOS. The van der Waals surface area contributed by atoms with Crippen LogP contribution < -0.4 is 9.64 Å². The van der Waals surface area contributed by atoms with Gasteiger partial charge in [0.1, 0.15) is 11.5 Å². The van der Waals surface area contributed by atoms with Crippen LogP contribution in [0.25, 0.3) is 53.2 Å². The summed E-state index contributed by atoms with van der Waals surface area (Å²) in [6.45, 7) is 0. The van der Waals surface area contributed by atoms with E-state index in [2.05, 4.69) is 205 Å². The van der Waals surface area contributed by atoms with E-state index in [0.717, 1.165) is 22.9 Å². The van der Waals surface area contributed by atoms with Crippen molar-refractivity contribution in [2.75, 3.05) is 4.90 Å². The van der Waals surface area contributed by atoms with E-state index < -0.39 is 5.41 Å². The minimum atomic E-state index is -0.549. The zero-order chi connectivity index (χ0) is 36.8. The van der Waals surface area contributed by atoms with E-state index in [0.29, 0.717) is 0 Å². The summed E-state index contributed by atoms with van der Waals surface area (Å²) in [6, 6.07) is 73.1. The van der Waals surface area contributed by atoms with Crippen LogP contribution in [0.5, 0.6) is 11.5 Å². The maximum absolute atomic E-state index is 6.66. The lowest BCUT2D eigenvalue weighted by molar-refractivity contribution is 0.436. The third-order valence-electron chi connectivity index (χ3n) is 11.9. The van der Waals surface area contributed by atoms with Crippen LogP contribution in [0.15, 0.2) is 200 Å². The molecule has 9 aromatic carbocycles. The molecule has 0 radical (unpaired) electrons. The molecule has 12 rings (SSSR count). The number of nitrogens with zero attached hydrogens (tertiary/aromatic N) is 1. The topological polar surface area (TPSA) is 12.5 Å². The molecule has 0 saturated carbocycles. The molecule has 0 fully saturated rings. The van der Waals surface area contributed by atoms with Gasteiger partial charge >= 0.3 is 0 Å². The van der Waals surface area contributed by atoms with Crippen molar-refractivity contribution in [3.05, 3.63) is 222 Å². The highest BCUT2D eigenvalue weighted by Gasteiger charge is 2.51. The van der Waals surface area contributed by atoms with Gasteiger partial charge in [-0.05, 0) is 92.7 Å². The van der Waals surface area contributed by atoms with Crippen LogP contribution in [0.3, 0.4) is 0 Å². The Morgan fingerprint density at radius 1 is 0.429 bits per heavy atom. The van der Waals surface area contributed by atoms with Crippen LogP contribution >= 0.6 is 11.3 Å². The fourth-order valence-electron chi connectivity index (χ4n) is 9.57. The zero-order valence-electron chi connectivity index (χ0n) is 30.3. The average Bonchev–Trinajstić information content (AvgIpc) is 3.79. The van der Waals surface area contributed by atoms with Crippen molar-refractivity contribution in [2.45, 2.75) is 5.41 Å². The number of benzene rings is 9. The predicted molar refractivity (Wildman–Crippen MR) is 234 cm³/mol. The molecule has 2 heterocycles. The lowest BCUT2D eigenvalue weighted by Gasteiger charge is -2.39. The normalized spacial score (nSPS) is 13.3. The summed E-state index contributed by atoms with van der Waals surface area (Å²) in [5, 5.41) is 5.06. The first-order chi connectivity index (χ1) is 27.8. The van der Waals surface area contributed by atoms with Crippen molar-refractivity contribution in [2.24, 2.45) is 0 Å². The number of rotatable bonds is 4. The molecule has 0 atom stereocenters. The largest absolute Gasteiger partial charge is 0.457 e. The molecule has 1 aliphatic carbocycles. The fourth-order valence-corrected chi connectivity index (χ4v) is 10.8. The van der Waals surface area contributed by atoms with Gasteiger partial charge in [-0.2, -0.15) is 0 Å². The Kier molecular flexibility index (Phi) is 6.75. The quantitative estimate of drug-likeness (QED) is 0.179. The standard InChI is InChI=1S/C53H33NOS/c1-2-13-34(14-3-1)35-25-28-37(29-26-35)54(47-21-12-18-41-40-17-6-11-24-50(40)56-52(41)47)38-30-32-43-42(33-38)51-39-16-5-4-15-36(39)27-31-46(51)53(43)44-19-7-9-22-48(44)55-49-23-10-8-20-45(49)53/h1-33H. The first kappa shape index (κ1) is 31.4. The third-order valence-corrected chi connectivity index (χ3v) is 13.1. The van der Waals surface area contributed by atoms with Crippen LogP contribution in [0.1, 0.15) is 22.3 Å². The van der Waals surface area contributed by atoms with Gasteiger partial charge < -0.3 is 9.64 Å². The lowest BCUT2D eigenvalue weighted by Crippen LogP contribution is -2.32. The molecule has 0 saturated heterocycles. The van der Waals surface area contributed by atoms with Crippen LogP contribution in [-0.2, 0) is 5.41 Å². The van der Waals surface area contributed by atoms with E-state index in [1.165, 1.54) is 81.1 Å². The number of para-hydroxylation sites is 2. The Bertz CT molecular complexity index is 3130. The smallest absolute Gasteiger partial charge is 0.132 e. The highest BCUT2D eigenvalue weighted by molar-refractivity contribution is 7.26. The van der Waals surface area contributed by atoms with Gasteiger partial charge in [0.05, 0.1) is 15.8 Å². The van der Waals surface area contributed by atoms with Crippen LogP contribution in [-0.4, -0.2) is 0 Å². The Morgan fingerprint density at radius 2 is 1.05 bits per heavy atom.